The topological polar surface area (TPSA) is 85.5 Å². The third kappa shape index (κ3) is 3.94. The highest BCUT2D eigenvalue weighted by atomic mass is 19.4. The van der Waals surface area contributed by atoms with Crippen molar-refractivity contribution in [3.8, 4) is 0 Å². The first-order valence-corrected chi connectivity index (χ1v) is 8.68. The van der Waals surface area contributed by atoms with E-state index in [9.17, 15) is 27.2 Å². The summed E-state index contributed by atoms with van der Waals surface area (Å²) in [4.78, 5) is 27.9. The van der Waals surface area contributed by atoms with Crippen LogP contribution in [-0.2, 0) is 9.59 Å². The summed E-state index contributed by atoms with van der Waals surface area (Å²) in [6.45, 7) is 0.452. The van der Waals surface area contributed by atoms with Gasteiger partial charge in [0, 0.05) is 52.1 Å². The quantitative estimate of drug-likeness (QED) is 0.654. The summed E-state index contributed by atoms with van der Waals surface area (Å²) < 4.78 is 52.7. The Bertz CT molecular complexity index is 642. The number of alkyl halides is 4. The first-order valence-electron chi connectivity index (χ1n) is 8.68. The Morgan fingerprint density at radius 1 is 1.33 bits per heavy atom. The van der Waals surface area contributed by atoms with E-state index in [4.69, 9.17) is 5.73 Å². The van der Waals surface area contributed by atoms with Crippen LogP contribution in [0, 0.1) is 0 Å². The predicted octanol–water partition coefficient (Wildman–Crippen LogP) is -0.434. The van der Waals surface area contributed by atoms with Gasteiger partial charge >= 0.3 is 6.18 Å². The largest absolute Gasteiger partial charge is 0.429 e. The van der Waals surface area contributed by atoms with Crippen LogP contribution in [0.25, 0.3) is 0 Å². The van der Waals surface area contributed by atoms with Gasteiger partial charge in [-0.05, 0) is 0 Å². The molecule has 0 radical (unpaired) electrons. The third-order valence-corrected chi connectivity index (χ3v) is 4.97. The van der Waals surface area contributed by atoms with Crippen molar-refractivity contribution in [1.29, 1.82) is 0 Å². The zero-order chi connectivity index (χ0) is 19.9. The molecule has 3 aliphatic heterocycles. The average molecular weight is 394 g/mol. The SMILES string of the molecule is CN1N=C2CN(C(=O)C[C@H](N)CN3CCC(F)C3=O)CCN2C1C(F)(F)F. The van der Waals surface area contributed by atoms with Gasteiger partial charge < -0.3 is 20.4 Å². The number of hydrogen-bond acceptors (Lipinski definition) is 6. The minimum Gasteiger partial charge on any atom is -0.338 e. The van der Waals surface area contributed by atoms with Crippen molar-refractivity contribution in [2.75, 3.05) is 39.8 Å². The van der Waals surface area contributed by atoms with Gasteiger partial charge in [-0.1, -0.05) is 0 Å². The molecule has 2 fully saturated rings. The van der Waals surface area contributed by atoms with Crippen molar-refractivity contribution in [3.05, 3.63) is 0 Å². The lowest BCUT2D eigenvalue weighted by molar-refractivity contribution is -0.205. The Labute approximate surface area is 153 Å². The lowest BCUT2D eigenvalue weighted by Crippen LogP contribution is -2.58. The first kappa shape index (κ1) is 19.6. The maximum atomic E-state index is 13.2. The number of hydrogen-bond donors (Lipinski definition) is 1. The summed E-state index contributed by atoms with van der Waals surface area (Å²) in [6, 6.07) is -0.666. The number of fused-ring (bicyclic) bond motifs is 1. The minimum atomic E-state index is -4.45. The number of nitrogens with two attached hydrogens (primary N) is 1. The Morgan fingerprint density at radius 2 is 2.04 bits per heavy atom. The van der Waals surface area contributed by atoms with E-state index < -0.39 is 30.5 Å². The fourth-order valence-corrected chi connectivity index (χ4v) is 3.67. The van der Waals surface area contributed by atoms with Gasteiger partial charge in [0.05, 0.1) is 6.54 Å². The van der Waals surface area contributed by atoms with Crippen LogP contribution in [-0.4, -0.2) is 102 Å². The Balaban J connectivity index is 1.54. The van der Waals surface area contributed by atoms with E-state index in [-0.39, 0.29) is 57.3 Å². The van der Waals surface area contributed by atoms with Crippen LogP contribution in [0.15, 0.2) is 5.10 Å². The van der Waals surface area contributed by atoms with Crippen LogP contribution in [0.4, 0.5) is 17.6 Å². The molecule has 27 heavy (non-hydrogen) atoms. The van der Waals surface area contributed by atoms with E-state index in [0.29, 0.717) is 0 Å². The summed E-state index contributed by atoms with van der Waals surface area (Å²) in [6.07, 6.45) is -7.74. The monoisotopic (exact) mass is 394 g/mol. The number of rotatable bonds is 4. The average Bonchev–Trinajstić information content (AvgIpc) is 3.06. The van der Waals surface area contributed by atoms with Crippen molar-refractivity contribution < 1.29 is 27.2 Å². The summed E-state index contributed by atoms with van der Waals surface area (Å²) in [5.74, 6) is -0.762. The number of halogens is 4. The normalized spacial score (nSPS) is 27.2. The molecule has 3 rings (SSSR count). The van der Waals surface area contributed by atoms with Crippen molar-refractivity contribution in [2.45, 2.75) is 37.4 Å². The molecule has 3 aliphatic rings. The zero-order valence-electron chi connectivity index (χ0n) is 14.8. The van der Waals surface area contributed by atoms with Gasteiger partial charge in [0.25, 0.3) is 5.91 Å². The van der Waals surface area contributed by atoms with E-state index in [0.717, 1.165) is 9.91 Å². The van der Waals surface area contributed by atoms with Crippen molar-refractivity contribution in [1.82, 2.24) is 19.7 Å². The van der Waals surface area contributed by atoms with E-state index >= 15 is 0 Å². The van der Waals surface area contributed by atoms with Crippen LogP contribution < -0.4 is 5.73 Å². The molecule has 0 saturated carbocycles. The lowest BCUT2D eigenvalue weighted by atomic mass is 10.1. The Kier molecular flexibility index (Phi) is 5.19. The summed E-state index contributed by atoms with van der Waals surface area (Å²) in [5.41, 5.74) is 5.92. The predicted molar refractivity (Wildman–Crippen MR) is 87.0 cm³/mol. The van der Waals surface area contributed by atoms with E-state index in [1.165, 1.54) is 16.8 Å². The van der Waals surface area contributed by atoms with Gasteiger partial charge in [0.15, 0.2) is 6.17 Å². The van der Waals surface area contributed by atoms with Gasteiger partial charge in [-0.15, -0.1) is 0 Å². The maximum absolute atomic E-state index is 13.2. The van der Waals surface area contributed by atoms with E-state index in [1.54, 1.807) is 0 Å². The molecular weight excluding hydrogens is 372 g/mol. The molecule has 3 atom stereocenters. The molecular formula is C15H22F4N6O2. The van der Waals surface area contributed by atoms with E-state index in [1.807, 2.05) is 0 Å². The number of nitrogens with zero attached hydrogens (tertiary/aromatic N) is 5. The van der Waals surface area contributed by atoms with Crippen molar-refractivity contribution in [3.63, 3.8) is 0 Å². The zero-order valence-corrected chi connectivity index (χ0v) is 14.8. The highest BCUT2D eigenvalue weighted by Gasteiger charge is 2.52. The second-order valence-corrected chi connectivity index (χ2v) is 7.02. The molecule has 0 bridgehead atoms. The van der Waals surface area contributed by atoms with Crippen LogP contribution in [0.3, 0.4) is 0 Å². The summed E-state index contributed by atoms with van der Waals surface area (Å²) in [7, 11) is 1.25. The van der Waals surface area contributed by atoms with Crippen LogP contribution in [0.2, 0.25) is 0 Å². The first-order chi connectivity index (χ1) is 12.6. The highest BCUT2D eigenvalue weighted by molar-refractivity contribution is 5.90. The van der Waals surface area contributed by atoms with Crippen molar-refractivity contribution in [2.24, 2.45) is 10.8 Å². The second kappa shape index (κ2) is 7.13. The third-order valence-electron chi connectivity index (χ3n) is 4.97. The number of likely N-dealkylation sites (tertiary alicyclic amines) is 1. The number of amides is 2. The molecule has 152 valence electrons. The number of piperazine rings is 1. The van der Waals surface area contributed by atoms with Crippen molar-refractivity contribution >= 4 is 17.6 Å². The number of amidine groups is 1. The summed E-state index contributed by atoms with van der Waals surface area (Å²) in [5, 5.41) is 4.76. The second-order valence-electron chi connectivity index (χ2n) is 7.02. The fourth-order valence-electron chi connectivity index (χ4n) is 3.67. The fraction of sp³-hybridized carbons (Fsp3) is 0.800. The standard InChI is InChI=1S/C15H22F4N6O2/c1-22-14(15(17,18)19)25-5-4-23(8-11(25)21-22)12(26)6-9(20)7-24-3-2-10(16)13(24)27/h9-10,14H,2-8,20H2,1H3/t9-,10?,14?/m0/s1. The summed E-state index contributed by atoms with van der Waals surface area (Å²) >= 11 is 0. The van der Waals surface area contributed by atoms with Crippen LogP contribution in [0.5, 0.6) is 0 Å². The van der Waals surface area contributed by atoms with Gasteiger partial charge in [0.1, 0.15) is 5.84 Å². The maximum Gasteiger partial charge on any atom is 0.429 e. The molecule has 0 aromatic carbocycles. The lowest BCUT2D eigenvalue weighted by Gasteiger charge is -2.38. The molecule has 12 heteroatoms. The molecule has 2 unspecified atom stereocenters. The molecule has 3 heterocycles. The van der Waals surface area contributed by atoms with Crippen LogP contribution in [0.1, 0.15) is 12.8 Å². The molecule has 2 saturated heterocycles. The smallest absolute Gasteiger partial charge is 0.338 e. The van der Waals surface area contributed by atoms with E-state index in [2.05, 4.69) is 5.10 Å². The molecule has 0 aromatic heterocycles. The van der Waals surface area contributed by atoms with Gasteiger partial charge in [0.2, 0.25) is 12.1 Å². The Hall–Kier alpha value is -2.11. The molecule has 8 nitrogen and oxygen atoms in total. The van der Waals surface area contributed by atoms with Gasteiger partial charge in [-0.2, -0.15) is 18.3 Å². The van der Waals surface area contributed by atoms with Gasteiger partial charge in [-0.25, -0.2) is 4.39 Å². The molecule has 2 amide bonds. The molecule has 0 aromatic rings. The minimum absolute atomic E-state index is 0.0163. The highest BCUT2D eigenvalue weighted by Crippen LogP contribution is 2.32. The number of hydrazone groups is 1. The Morgan fingerprint density at radius 3 is 2.63 bits per heavy atom. The molecule has 0 aliphatic carbocycles. The molecule has 2 N–H and O–H groups in total. The van der Waals surface area contributed by atoms with Crippen LogP contribution >= 0.6 is 0 Å². The number of carbonyl (C=O) groups excluding carboxylic acids is 2. The van der Waals surface area contributed by atoms with Gasteiger partial charge in [-0.3, -0.25) is 14.6 Å². The number of carbonyl (C=O) groups is 2. The molecule has 0 spiro atoms.